The second-order valence-electron chi connectivity index (χ2n) is 6.62. The summed E-state index contributed by atoms with van der Waals surface area (Å²) in [5, 5.41) is 4.64. The third-order valence-electron chi connectivity index (χ3n) is 5.07. The lowest BCUT2D eigenvalue weighted by atomic mass is 10.0. The van der Waals surface area contributed by atoms with Gasteiger partial charge in [0.1, 0.15) is 18.6 Å². The number of fused-ring (bicyclic) bond motifs is 2. The van der Waals surface area contributed by atoms with E-state index in [1.54, 1.807) is 17.9 Å². The van der Waals surface area contributed by atoms with Crippen LogP contribution >= 0.6 is 0 Å². The molecule has 8 nitrogen and oxygen atoms in total. The Bertz CT molecular complexity index is 1040. The van der Waals surface area contributed by atoms with Crippen molar-refractivity contribution in [3.8, 4) is 11.5 Å². The Hall–Kier alpha value is -3.03. The minimum Gasteiger partial charge on any atom is -0.486 e. The number of hydrogen-bond donors (Lipinski definition) is 1. The Morgan fingerprint density at radius 1 is 1.27 bits per heavy atom. The number of H-pyrrole nitrogens is 1. The van der Waals surface area contributed by atoms with Crippen LogP contribution in [-0.4, -0.2) is 39.5 Å². The van der Waals surface area contributed by atoms with E-state index in [4.69, 9.17) is 9.47 Å². The first-order chi connectivity index (χ1) is 12.7. The van der Waals surface area contributed by atoms with Crippen LogP contribution in [0.1, 0.15) is 24.4 Å². The highest BCUT2D eigenvalue weighted by Crippen LogP contribution is 2.43. The van der Waals surface area contributed by atoms with Crippen LogP contribution in [0.3, 0.4) is 0 Å². The molecule has 1 aromatic carbocycles. The van der Waals surface area contributed by atoms with Gasteiger partial charge in [-0.1, -0.05) is 12.1 Å². The zero-order valence-electron chi connectivity index (χ0n) is 14.4. The molecular weight excluding hydrogens is 334 g/mol. The van der Waals surface area contributed by atoms with Gasteiger partial charge in [-0.3, -0.25) is 14.5 Å². The first-order valence-electron chi connectivity index (χ1n) is 8.79. The zero-order chi connectivity index (χ0) is 17.7. The molecule has 1 fully saturated rings. The average Bonchev–Trinajstić information content (AvgIpc) is 3.29. The fraction of sp³-hybridized carbons (Fsp3) is 0.389. The van der Waals surface area contributed by atoms with Crippen molar-refractivity contribution in [1.29, 1.82) is 0 Å². The van der Waals surface area contributed by atoms with E-state index in [1.807, 2.05) is 12.1 Å². The molecule has 4 heterocycles. The molecule has 2 aromatic heterocycles. The molecule has 0 radical (unpaired) electrons. The molecule has 1 saturated heterocycles. The maximum absolute atomic E-state index is 12.4. The molecule has 3 aromatic rings. The molecule has 5 rings (SSSR count). The van der Waals surface area contributed by atoms with Crippen LogP contribution in [0, 0.1) is 0 Å². The number of para-hydroxylation sites is 1. The van der Waals surface area contributed by atoms with Crippen LogP contribution in [0.2, 0.25) is 0 Å². The average molecular weight is 353 g/mol. The van der Waals surface area contributed by atoms with Gasteiger partial charge in [0, 0.05) is 19.2 Å². The predicted octanol–water partition coefficient (Wildman–Crippen LogP) is 1.77. The molecule has 0 amide bonds. The van der Waals surface area contributed by atoms with Crippen LogP contribution in [0.25, 0.3) is 11.0 Å². The first kappa shape index (κ1) is 15.2. The summed E-state index contributed by atoms with van der Waals surface area (Å²) in [4.78, 5) is 22.1. The summed E-state index contributed by atoms with van der Waals surface area (Å²) in [5.74, 6) is 2.16. The number of aromatic nitrogens is 4. The molecule has 1 atom stereocenters. The number of ether oxygens (including phenoxy) is 2. The molecule has 2 aliphatic heterocycles. The topological polar surface area (TPSA) is 85.3 Å². The summed E-state index contributed by atoms with van der Waals surface area (Å²) in [6, 6.07) is 6.07. The molecule has 2 aliphatic rings. The lowest BCUT2D eigenvalue weighted by Crippen LogP contribution is -2.28. The molecule has 0 saturated carbocycles. The van der Waals surface area contributed by atoms with E-state index in [1.165, 1.54) is 0 Å². The Balaban J connectivity index is 1.60. The quantitative estimate of drug-likeness (QED) is 0.756. The van der Waals surface area contributed by atoms with Gasteiger partial charge in [-0.25, -0.2) is 0 Å². The fourth-order valence-corrected chi connectivity index (χ4v) is 3.86. The second-order valence-corrected chi connectivity index (χ2v) is 6.62. The highest BCUT2D eigenvalue weighted by molar-refractivity contribution is 5.74. The van der Waals surface area contributed by atoms with E-state index in [-0.39, 0.29) is 11.6 Å². The Morgan fingerprint density at radius 2 is 2.15 bits per heavy atom. The summed E-state index contributed by atoms with van der Waals surface area (Å²) >= 11 is 0. The third-order valence-corrected chi connectivity index (χ3v) is 5.07. The summed E-state index contributed by atoms with van der Waals surface area (Å²) < 4.78 is 13.2. The van der Waals surface area contributed by atoms with Crippen molar-refractivity contribution in [3.63, 3.8) is 0 Å². The minimum absolute atomic E-state index is 0.0838. The van der Waals surface area contributed by atoms with Gasteiger partial charge < -0.3 is 14.4 Å². The van der Waals surface area contributed by atoms with Gasteiger partial charge >= 0.3 is 0 Å². The number of aryl methyl sites for hydroxylation is 1. The van der Waals surface area contributed by atoms with Crippen molar-refractivity contribution >= 4 is 17.0 Å². The molecule has 1 N–H and O–H groups in total. The molecule has 0 bridgehead atoms. The van der Waals surface area contributed by atoms with Crippen LogP contribution in [0.5, 0.6) is 11.5 Å². The number of hydrogen-bond acceptors (Lipinski definition) is 6. The fourth-order valence-electron chi connectivity index (χ4n) is 3.86. The van der Waals surface area contributed by atoms with Crippen LogP contribution < -0.4 is 19.9 Å². The maximum atomic E-state index is 12.4. The Kier molecular flexibility index (Phi) is 3.37. The van der Waals surface area contributed by atoms with Crippen molar-refractivity contribution < 1.29 is 9.47 Å². The van der Waals surface area contributed by atoms with Gasteiger partial charge in [0.15, 0.2) is 17.1 Å². The van der Waals surface area contributed by atoms with Crippen molar-refractivity contribution in [1.82, 2.24) is 19.7 Å². The Labute approximate surface area is 149 Å². The molecule has 0 spiro atoms. The smallest absolute Gasteiger partial charge is 0.263 e. The normalized spacial score (nSPS) is 19.3. The number of nitrogens with zero attached hydrogens (tertiary/aromatic N) is 4. The van der Waals surface area contributed by atoms with Crippen molar-refractivity contribution in [2.45, 2.75) is 18.9 Å². The summed E-state index contributed by atoms with van der Waals surface area (Å²) in [6.07, 6.45) is 3.53. The lowest BCUT2D eigenvalue weighted by Gasteiger charge is -2.29. The van der Waals surface area contributed by atoms with Gasteiger partial charge in [0.25, 0.3) is 5.56 Å². The van der Waals surface area contributed by atoms with E-state index in [2.05, 4.69) is 26.0 Å². The molecule has 26 heavy (non-hydrogen) atoms. The molecule has 1 unspecified atom stereocenters. The minimum atomic E-state index is -0.168. The molecule has 134 valence electrons. The van der Waals surface area contributed by atoms with E-state index in [9.17, 15) is 4.79 Å². The first-order valence-corrected chi connectivity index (χ1v) is 8.79. The largest absolute Gasteiger partial charge is 0.486 e. The second kappa shape index (κ2) is 5.76. The van der Waals surface area contributed by atoms with Gasteiger partial charge in [-0.05, 0) is 18.9 Å². The third kappa shape index (κ3) is 2.25. The van der Waals surface area contributed by atoms with Crippen LogP contribution in [-0.2, 0) is 7.05 Å². The number of benzene rings is 1. The zero-order valence-corrected chi connectivity index (χ0v) is 14.4. The summed E-state index contributed by atoms with van der Waals surface area (Å²) in [7, 11) is 1.79. The van der Waals surface area contributed by atoms with Crippen LogP contribution in [0.4, 0.5) is 5.95 Å². The van der Waals surface area contributed by atoms with Crippen molar-refractivity contribution in [2.24, 2.45) is 7.05 Å². The Morgan fingerprint density at radius 3 is 3.08 bits per heavy atom. The monoisotopic (exact) mass is 353 g/mol. The summed E-state index contributed by atoms with van der Waals surface area (Å²) in [5.41, 5.74) is 1.50. The maximum Gasteiger partial charge on any atom is 0.263 e. The van der Waals surface area contributed by atoms with Crippen LogP contribution in [0.15, 0.2) is 29.2 Å². The predicted molar refractivity (Wildman–Crippen MR) is 95.9 cm³/mol. The summed E-state index contributed by atoms with van der Waals surface area (Å²) in [6.45, 7) is 1.94. The number of anilines is 1. The van der Waals surface area contributed by atoms with Gasteiger partial charge in [-0.15, -0.1) is 0 Å². The van der Waals surface area contributed by atoms with Crippen molar-refractivity contribution in [2.75, 3.05) is 24.7 Å². The SMILES string of the molecule is Cn1ncc2c(=O)[nH]c(N3CCCC3c3cccc4c3OCCO4)nc21. The van der Waals surface area contributed by atoms with Crippen molar-refractivity contribution in [3.05, 3.63) is 40.3 Å². The molecular formula is C18H19N5O3. The highest BCUT2D eigenvalue weighted by atomic mass is 16.6. The van der Waals surface area contributed by atoms with E-state index in [0.29, 0.717) is 30.2 Å². The van der Waals surface area contributed by atoms with Gasteiger partial charge in [0.2, 0.25) is 5.95 Å². The lowest BCUT2D eigenvalue weighted by molar-refractivity contribution is 0.169. The molecule has 0 aliphatic carbocycles. The molecule has 8 heteroatoms. The van der Waals surface area contributed by atoms with E-state index >= 15 is 0 Å². The number of rotatable bonds is 2. The number of aromatic amines is 1. The van der Waals surface area contributed by atoms with Gasteiger partial charge in [-0.2, -0.15) is 10.1 Å². The van der Waals surface area contributed by atoms with E-state index < -0.39 is 0 Å². The van der Waals surface area contributed by atoms with Gasteiger partial charge in [0.05, 0.1) is 12.2 Å². The van der Waals surface area contributed by atoms with E-state index in [0.717, 1.165) is 36.4 Å². The standard InChI is InChI=1S/C18H19N5O3/c1-22-16-12(10-19-22)17(24)21-18(20-16)23-7-3-5-13(23)11-4-2-6-14-15(11)26-9-8-25-14/h2,4,6,10,13H,3,5,7-9H2,1H3,(H,20,21,24). The number of nitrogens with one attached hydrogen (secondary N) is 1. The highest BCUT2D eigenvalue weighted by Gasteiger charge is 2.32.